The fourth-order valence-electron chi connectivity index (χ4n) is 3.37. The topological polar surface area (TPSA) is 123 Å². The highest BCUT2D eigenvalue weighted by Gasteiger charge is 2.29. The highest BCUT2D eigenvalue weighted by Crippen LogP contribution is 2.41. The molecule has 0 saturated heterocycles. The van der Waals surface area contributed by atoms with Crippen LogP contribution in [0.4, 0.5) is 10.3 Å². The summed E-state index contributed by atoms with van der Waals surface area (Å²) >= 11 is 4.34. The molecule has 2 amide bonds. The molecular weight excluding hydrogens is 430 g/mol. The van der Waals surface area contributed by atoms with E-state index in [2.05, 4.69) is 36.0 Å². The summed E-state index contributed by atoms with van der Waals surface area (Å²) in [5, 5.41) is 26.9. The highest BCUT2D eigenvalue weighted by molar-refractivity contribution is 7.15. The van der Waals surface area contributed by atoms with Gasteiger partial charge in [-0.25, -0.2) is 4.98 Å². The normalized spacial score (nSPS) is 18.7. The molecule has 152 valence electrons. The van der Waals surface area contributed by atoms with Gasteiger partial charge in [-0.1, -0.05) is 22.7 Å². The van der Waals surface area contributed by atoms with Crippen LogP contribution in [0.3, 0.4) is 0 Å². The second kappa shape index (κ2) is 9.01. The number of carbonyl (C=O) groups excluding carboxylic acids is 2. The van der Waals surface area contributed by atoms with E-state index in [9.17, 15) is 9.59 Å². The van der Waals surface area contributed by atoms with Gasteiger partial charge >= 0.3 is 0 Å². The summed E-state index contributed by atoms with van der Waals surface area (Å²) in [4.78, 5) is 27.3. The van der Waals surface area contributed by atoms with Gasteiger partial charge in [0.1, 0.15) is 10.0 Å². The van der Waals surface area contributed by atoms with Crippen molar-refractivity contribution in [3.8, 4) is 0 Å². The Labute approximate surface area is 179 Å². The largest absolute Gasteiger partial charge is 0.301 e. The summed E-state index contributed by atoms with van der Waals surface area (Å²) in [6, 6.07) is 0. The fraction of sp³-hybridized carbons (Fsp3) is 0.471. The number of thiazole rings is 1. The first-order valence-electron chi connectivity index (χ1n) is 9.15. The maximum absolute atomic E-state index is 12.1. The second-order valence-electron chi connectivity index (χ2n) is 6.91. The van der Waals surface area contributed by atoms with E-state index >= 15 is 0 Å². The van der Waals surface area contributed by atoms with Crippen molar-refractivity contribution in [3.63, 3.8) is 0 Å². The standard InChI is InChI=1S/C17H19N7O2S3/c1-9(25)19-16-24-22-15(29-16)11-3-2-10(4-11)5-14-21-23-17(28-14)20-13(26)6-12-7-27-8-18-12/h7-8,10-11H,2-6H2,1H3,(H,19,24,25)(H,20,23,26)/t10-,11?/m0/s1. The third-order valence-corrected chi connectivity index (χ3v) is 7.11. The van der Waals surface area contributed by atoms with Crippen LogP contribution in [0.1, 0.15) is 47.8 Å². The molecule has 0 spiro atoms. The number of hydrogen-bond acceptors (Lipinski definition) is 10. The van der Waals surface area contributed by atoms with Crippen LogP contribution < -0.4 is 10.6 Å². The van der Waals surface area contributed by atoms with E-state index in [1.54, 1.807) is 5.51 Å². The lowest BCUT2D eigenvalue weighted by atomic mass is 10.0. The van der Waals surface area contributed by atoms with Gasteiger partial charge in [0.2, 0.25) is 22.1 Å². The van der Waals surface area contributed by atoms with Gasteiger partial charge in [-0.15, -0.1) is 31.7 Å². The lowest BCUT2D eigenvalue weighted by molar-refractivity contribution is -0.116. The molecule has 1 unspecified atom stereocenters. The molecule has 12 heteroatoms. The Morgan fingerprint density at radius 1 is 1.10 bits per heavy atom. The van der Waals surface area contributed by atoms with Crippen LogP contribution in [0.25, 0.3) is 0 Å². The van der Waals surface area contributed by atoms with Crippen molar-refractivity contribution in [3.05, 3.63) is 26.6 Å². The van der Waals surface area contributed by atoms with E-state index in [0.29, 0.717) is 22.1 Å². The number of nitrogens with one attached hydrogen (secondary N) is 2. The quantitative estimate of drug-likeness (QED) is 0.568. The Hall–Kier alpha value is -2.31. The molecule has 29 heavy (non-hydrogen) atoms. The Bertz CT molecular complexity index is 985. The molecule has 3 aromatic rings. The van der Waals surface area contributed by atoms with Gasteiger partial charge in [0, 0.05) is 24.6 Å². The summed E-state index contributed by atoms with van der Waals surface area (Å²) in [7, 11) is 0. The van der Waals surface area contributed by atoms with Gasteiger partial charge in [-0.2, -0.15) is 0 Å². The van der Waals surface area contributed by atoms with Crippen molar-refractivity contribution < 1.29 is 9.59 Å². The summed E-state index contributed by atoms with van der Waals surface area (Å²) in [6.45, 7) is 1.46. The minimum atomic E-state index is -0.136. The summed E-state index contributed by atoms with van der Waals surface area (Å²) in [6.07, 6.45) is 4.23. The van der Waals surface area contributed by atoms with Gasteiger partial charge < -0.3 is 10.6 Å². The first-order valence-corrected chi connectivity index (χ1v) is 11.7. The Morgan fingerprint density at radius 3 is 2.72 bits per heavy atom. The number of nitrogens with zero attached hydrogens (tertiary/aromatic N) is 5. The molecule has 0 bridgehead atoms. The summed E-state index contributed by atoms with van der Waals surface area (Å²) in [5.41, 5.74) is 2.47. The number of anilines is 2. The monoisotopic (exact) mass is 449 g/mol. The van der Waals surface area contributed by atoms with E-state index in [4.69, 9.17) is 0 Å². The van der Waals surface area contributed by atoms with E-state index in [-0.39, 0.29) is 18.2 Å². The Balaban J connectivity index is 1.27. The molecule has 1 saturated carbocycles. The van der Waals surface area contributed by atoms with Gasteiger partial charge in [0.25, 0.3) is 0 Å². The number of rotatable bonds is 7. The van der Waals surface area contributed by atoms with Crippen molar-refractivity contribution in [2.24, 2.45) is 5.92 Å². The van der Waals surface area contributed by atoms with E-state index in [0.717, 1.165) is 41.4 Å². The Kier molecular flexibility index (Phi) is 6.21. The molecule has 2 atom stereocenters. The molecule has 0 aliphatic heterocycles. The molecule has 3 aromatic heterocycles. The van der Waals surface area contributed by atoms with Crippen LogP contribution in [0, 0.1) is 5.92 Å². The smallest absolute Gasteiger partial charge is 0.232 e. The number of carbonyl (C=O) groups is 2. The fourth-order valence-corrected chi connectivity index (χ4v) is 5.74. The van der Waals surface area contributed by atoms with E-state index in [1.807, 2.05) is 5.38 Å². The lowest BCUT2D eigenvalue weighted by Crippen LogP contribution is -2.14. The van der Waals surface area contributed by atoms with Gasteiger partial charge in [0.05, 0.1) is 17.6 Å². The van der Waals surface area contributed by atoms with Crippen LogP contribution in [-0.2, 0) is 22.4 Å². The molecular formula is C17H19N7O2S3. The van der Waals surface area contributed by atoms with Gasteiger partial charge in [-0.3, -0.25) is 9.59 Å². The van der Waals surface area contributed by atoms with E-state index < -0.39 is 0 Å². The summed E-state index contributed by atoms with van der Waals surface area (Å²) < 4.78 is 0. The number of aromatic nitrogens is 5. The van der Waals surface area contributed by atoms with E-state index in [1.165, 1.54) is 40.9 Å². The summed E-state index contributed by atoms with van der Waals surface area (Å²) in [5.74, 6) is 0.596. The van der Waals surface area contributed by atoms with Crippen LogP contribution in [-0.4, -0.2) is 37.2 Å². The molecule has 0 aromatic carbocycles. The predicted octanol–water partition coefficient (Wildman–Crippen LogP) is 3.11. The second-order valence-corrected chi connectivity index (χ2v) is 9.70. The Morgan fingerprint density at radius 2 is 1.93 bits per heavy atom. The predicted molar refractivity (Wildman–Crippen MR) is 112 cm³/mol. The molecule has 0 radical (unpaired) electrons. The molecule has 2 N–H and O–H groups in total. The van der Waals surface area contributed by atoms with Crippen molar-refractivity contribution in [1.82, 2.24) is 25.4 Å². The van der Waals surface area contributed by atoms with Crippen LogP contribution in [0.2, 0.25) is 0 Å². The van der Waals surface area contributed by atoms with Crippen molar-refractivity contribution >= 4 is 56.1 Å². The van der Waals surface area contributed by atoms with Gasteiger partial charge in [-0.05, 0) is 25.2 Å². The van der Waals surface area contributed by atoms with Crippen molar-refractivity contribution in [2.45, 2.75) is 44.9 Å². The first kappa shape index (κ1) is 20.0. The van der Waals surface area contributed by atoms with Crippen LogP contribution in [0.15, 0.2) is 10.9 Å². The SMILES string of the molecule is CC(=O)Nc1nnc(C2CC[C@H](Cc3nnc(NC(=O)Cc4cscn4)s3)C2)s1. The minimum absolute atomic E-state index is 0.134. The number of amides is 2. The molecule has 1 aliphatic rings. The molecule has 4 rings (SSSR count). The first-order chi connectivity index (χ1) is 14.0. The zero-order chi connectivity index (χ0) is 20.2. The number of hydrogen-bond donors (Lipinski definition) is 2. The van der Waals surface area contributed by atoms with Crippen molar-refractivity contribution in [2.75, 3.05) is 10.6 Å². The van der Waals surface area contributed by atoms with Crippen LogP contribution in [0.5, 0.6) is 0 Å². The zero-order valence-electron chi connectivity index (χ0n) is 15.6. The van der Waals surface area contributed by atoms with Gasteiger partial charge in [0.15, 0.2) is 0 Å². The van der Waals surface area contributed by atoms with Crippen LogP contribution >= 0.6 is 34.0 Å². The average Bonchev–Trinajstić information content (AvgIpc) is 3.43. The average molecular weight is 450 g/mol. The third kappa shape index (κ3) is 5.40. The van der Waals surface area contributed by atoms with Crippen molar-refractivity contribution in [1.29, 1.82) is 0 Å². The highest BCUT2D eigenvalue weighted by atomic mass is 32.1. The maximum atomic E-state index is 12.1. The minimum Gasteiger partial charge on any atom is -0.301 e. The molecule has 1 aliphatic carbocycles. The lowest BCUT2D eigenvalue weighted by Gasteiger charge is -2.06. The molecule has 9 nitrogen and oxygen atoms in total. The maximum Gasteiger partial charge on any atom is 0.232 e. The molecule has 1 fully saturated rings. The zero-order valence-corrected chi connectivity index (χ0v) is 18.1. The molecule has 3 heterocycles. The third-order valence-electron chi connectivity index (χ3n) is 4.62.